The molecule has 0 spiro atoms. The van der Waals surface area contributed by atoms with Gasteiger partial charge in [0.2, 0.25) is 0 Å². The molecule has 4 aromatic heterocycles. The van der Waals surface area contributed by atoms with Crippen LogP contribution in [0.1, 0.15) is 24.2 Å². The number of piperidine rings is 1. The number of aryl methyl sites for hydroxylation is 2. The number of hydrogen-bond acceptors (Lipinski definition) is 9. The Labute approximate surface area is 196 Å². The number of aromatic nitrogens is 6. The molecule has 2 saturated heterocycles. The fraction of sp³-hybridized carbons (Fsp3) is 0.375. The fourth-order valence-corrected chi connectivity index (χ4v) is 4.59. The minimum atomic E-state index is 0.117. The number of morpholine rings is 1. The van der Waals surface area contributed by atoms with Gasteiger partial charge in [0.05, 0.1) is 55.6 Å². The van der Waals surface area contributed by atoms with Crippen LogP contribution in [0.5, 0.6) is 5.75 Å². The van der Waals surface area contributed by atoms with E-state index in [1.807, 2.05) is 42.9 Å². The fourth-order valence-electron chi connectivity index (χ4n) is 4.59. The van der Waals surface area contributed by atoms with Crippen molar-refractivity contribution < 1.29 is 9.47 Å². The third-order valence-electron chi connectivity index (χ3n) is 6.16. The summed E-state index contributed by atoms with van der Waals surface area (Å²) in [5.41, 5.74) is 4.21. The summed E-state index contributed by atoms with van der Waals surface area (Å²) in [5, 5.41) is 6.80. The van der Waals surface area contributed by atoms with Crippen molar-refractivity contribution in [1.29, 1.82) is 0 Å². The van der Waals surface area contributed by atoms with Crippen molar-refractivity contribution in [3.8, 4) is 17.0 Å². The highest BCUT2D eigenvalue weighted by atomic mass is 16.5. The molecular formula is C24H26N8O2. The van der Waals surface area contributed by atoms with E-state index in [0.29, 0.717) is 23.7 Å². The van der Waals surface area contributed by atoms with E-state index in [9.17, 15) is 0 Å². The summed E-state index contributed by atoms with van der Waals surface area (Å²) in [6, 6.07) is 2.69. The zero-order chi connectivity index (χ0) is 23.1. The molecule has 4 aromatic rings. The predicted molar refractivity (Wildman–Crippen MR) is 126 cm³/mol. The number of anilines is 2. The van der Waals surface area contributed by atoms with Gasteiger partial charge in [-0.1, -0.05) is 0 Å². The molecule has 1 unspecified atom stereocenters. The zero-order valence-corrected chi connectivity index (χ0v) is 19.1. The van der Waals surface area contributed by atoms with E-state index in [0.717, 1.165) is 60.1 Å². The molecular weight excluding hydrogens is 432 g/mol. The quantitative estimate of drug-likeness (QED) is 0.466. The van der Waals surface area contributed by atoms with Crippen molar-refractivity contribution in [3.05, 3.63) is 54.6 Å². The van der Waals surface area contributed by atoms with Gasteiger partial charge >= 0.3 is 0 Å². The molecule has 2 aliphatic heterocycles. The number of hydrogen-bond donors (Lipinski definition) is 2. The smallest absolute Gasteiger partial charge is 0.157 e. The first-order chi connectivity index (χ1) is 16.6. The lowest BCUT2D eigenvalue weighted by atomic mass is 9.94. The van der Waals surface area contributed by atoms with Crippen molar-refractivity contribution in [3.63, 3.8) is 0 Å². The van der Waals surface area contributed by atoms with Gasteiger partial charge in [0.1, 0.15) is 17.7 Å². The van der Waals surface area contributed by atoms with E-state index in [1.54, 1.807) is 18.6 Å². The number of imidazole rings is 1. The van der Waals surface area contributed by atoms with E-state index >= 15 is 0 Å². The summed E-state index contributed by atoms with van der Waals surface area (Å²) in [4.78, 5) is 22.4. The lowest BCUT2D eigenvalue weighted by Gasteiger charge is -2.40. The van der Waals surface area contributed by atoms with Gasteiger partial charge in [-0.05, 0) is 19.9 Å². The Balaban J connectivity index is 1.27. The molecule has 34 heavy (non-hydrogen) atoms. The van der Waals surface area contributed by atoms with Crippen molar-refractivity contribution >= 4 is 17.3 Å². The first-order valence-corrected chi connectivity index (χ1v) is 11.5. The van der Waals surface area contributed by atoms with Crippen LogP contribution >= 0.6 is 0 Å². The van der Waals surface area contributed by atoms with Crippen LogP contribution in [0.3, 0.4) is 0 Å². The SMILES string of the molecule is Cc1cnc(Nc2cn3cc(-c4cc(C)ncc4OC4C[C@H]5COC[C@@H](C4)N5)ncc3n2)cn1. The third kappa shape index (κ3) is 4.29. The van der Waals surface area contributed by atoms with Gasteiger partial charge in [-0.25, -0.2) is 9.97 Å². The van der Waals surface area contributed by atoms with E-state index in [1.165, 1.54) is 0 Å². The molecule has 6 heterocycles. The summed E-state index contributed by atoms with van der Waals surface area (Å²) < 4.78 is 14.1. The minimum Gasteiger partial charge on any atom is -0.488 e. The molecule has 0 aliphatic carbocycles. The van der Waals surface area contributed by atoms with Crippen molar-refractivity contribution in [2.24, 2.45) is 0 Å². The molecule has 10 nitrogen and oxygen atoms in total. The molecule has 0 radical (unpaired) electrons. The van der Waals surface area contributed by atoms with Crippen LogP contribution in [0.4, 0.5) is 11.6 Å². The summed E-state index contributed by atoms with van der Waals surface area (Å²) in [6.45, 7) is 5.34. The van der Waals surface area contributed by atoms with Gasteiger partial charge in [0, 0.05) is 42.4 Å². The molecule has 174 valence electrons. The summed E-state index contributed by atoms with van der Waals surface area (Å²) in [7, 11) is 0. The molecule has 2 N–H and O–H groups in total. The average molecular weight is 459 g/mol. The number of nitrogens with zero attached hydrogens (tertiary/aromatic N) is 6. The summed E-state index contributed by atoms with van der Waals surface area (Å²) >= 11 is 0. The molecule has 2 fully saturated rings. The largest absolute Gasteiger partial charge is 0.488 e. The number of pyridine rings is 1. The van der Waals surface area contributed by atoms with Crippen LogP contribution < -0.4 is 15.4 Å². The number of ether oxygens (including phenoxy) is 2. The third-order valence-corrected chi connectivity index (χ3v) is 6.16. The molecule has 2 aliphatic rings. The average Bonchev–Trinajstić information content (AvgIpc) is 3.23. The van der Waals surface area contributed by atoms with E-state index in [-0.39, 0.29) is 6.10 Å². The maximum atomic E-state index is 6.49. The van der Waals surface area contributed by atoms with Crippen LogP contribution in [0.25, 0.3) is 16.9 Å². The van der Waals surface area contributed by atoms with Gasteiger partial charge in [-0.2, -0.15) is 0 Å². The van der Waals surface area contributed by atoms with Gasteiger partial charge in [0.15, 0.2) is 11.5 Å². The van der Waals surface area contributed by atoms with Gasteiger partial charge < -0.3 is 24.5 Å². The standard InChI is InChI=1S/C24H26N8O2/c1-14-3-19(21(7-25-14)34-18-4-16-12-33-13-17(5-18)29-16)20-10-32-11-23(31-24(32)9-27-20)30-22-8-26-15(2)6-28-22/h3,6-11,16-18,29H,4-5,12-13H2,1-2H3,(H,28,30)/t16-,17+,18?. The summed E-state index contributed by atoms with van der Waals surface area (Å²) in [5.74, 6) is 2.06. The normalized spacial score (nSPS) is 22.0. The van der Waals surface area contributed by atoms with Crippen LogP contribution in [-0.2, 0) is 4.74 Å². The van der Waals surface area contributed by atoms with Crippen molar-refractivity contribution in [2.45, 2.75) is 44.9 Å². The first kappa shape index (κ1) is 20.9. The number of rotatable bonds is 5. The van der Waals surface area contributed by atoms with Gasteiger partial charge in [0.25, 0.3) is 0 Å². The topological polar surface area (TPSA) is 111 Å². The molecule has 2 bridgehead atoms. The van der Waals surface area contributed by atoms with Crippen molar-refractivity contribution in [1.82, 2.24) is 34.6 Å². The Hall–Kier alpha value is -3.63. The summed E-state index contributed by atoms with van der Waals surface area (Å²) in [6.07, 6.45) is 12.8. The Morgan fingerprint density at radius 3 is 2.56 bits per heavy atom. The van der Waals surface area contributed by atoms with E-state index in [4.69, 9.17) is 9.47 Å². The molecule has 0 amide bonds. The molecule has 10 heteroatoms. The highest BCUT2D eigenvalue weighted by molar-refractivity contribution is 5.68. The molecule has 0 saturated carbocycles. The first-order valence-electron chi connectivity index (χ1n) is 11.5. The van der Waals surface area contributed by atoms with E-state index in [2.05, 4.69) is 35.6 Å². The zero-order valence-electron chi connectivity index (χ0n) is 19.1. The number of fused-ring (bicyclic) bond motifs is 3. The van der Waals surface area contributed by atoms with Gasteiger partial charge in [-0.15, -0.1) is 0 Å². The second-order valence-corrected chi connectivity index (χ2v) is 8.96. The van der Waals surface area contributed by atoms with Gasteiger partial charge in [-0.3, -0.25) is 15.0 Å². The maximum absolute atomic E-state index is 6.49. The van der Waals surface area contributed by atoms with Crippen LogP contribution in [-0.4, -0.2) is 60.7 Å². The Morgan fingerprint density at radius 2 is 1.76 bits per heavy atom. The Morgan fingerprint density at radius 1 is 0.941 bits per heavy atom. The molecule has 3 atom stereocenters. The molecule has 6 rings (SSSR count). The van der Waals surface area contributed by atoms with Crippen LogP contribution in [0.15, 0.2) is 43.2 Å². The van der Waals surface area contributed by atoms with E-state index < -0.39 is 0 Å². The van der Waals surface area contributed by atoms with Crippen molar-refractivity contribution in [2.75, 3.05) is 18.5 Å². The second-order valence-electron chi connectivity index (χ2n) is 8.96. The Bertz CT molecular complexity index is 1310. The van der Waals surface area contributed by atoms with Crippen LogP contribution in [0, 0.1) is 13.8 Å². The maximum Gasteiger partial charge on any atom is 0.157 e. The second kappa shape index (κ2) is 8.62. The highest BCUT2D eigenvalue weighted by Gasteiger charge is 2.33. The monoisotopic (exact) mass is 458 g/mol. The predicted octanol–water partition coefficient (Wildman–Crippen LogP) is 2.84. The Kier molecular flexibility index (Phi) is 5.31. The number of nitrogens with one attached hydrogen (secondary N) is 2. The highest BCUT2D eigenvalue weighted by Crippen LogP contribution is 2.32. The van der Waals surface area contributed by atoms with Crippen LogP contribution in [0.2, 0.25) is 0 Å². The minimum absolute atomic E-state index is 0.117. The lowest BCUT2D eigenvalue weighted by molar-refractivity contribution is -0.0122. The lowest BCUT2D eigenvalue weighted by Crippen LogP contribution is -2.56. The molecule has 0 aromatic carbocycles.